The molecule has 2 saturated heterocycles. The van der Waals surface area contributed by atoms with Crippen LogP contribution in [0.15, 0.2) is 42.5 Å². The van der Waals surface area contributed by atoms with Gasteiger partial charge in [0.2, 0.25) is 5.91 Å². The Morgan fingerprint density at radius 2 is 1.57 bits per heavy atom. The Bertz CT molecular complexity index is 1140. The quantitative estimate of drug-likeness (QED) is 0.530. The van der Waals surface area contributed by atoms with Gasteiger partial charge in [0.25, 0.3) is 5.91 Å². The van der Waals surface area contributed by atoms with E-state index < -0.39 is 11.9 Å². The Hall–Kier alpha value is -3.35. The smallest absolute Gasteiger partial charge is 0.316 e. The summed E-state index contributed by atoms with van der Waals surface area (Å²) < 4.78 is 0. The average Bonchev–Trinajstić information content (AvgIpc) is 3.41. The molecule has 0 saturated carbocycles. The molecule has 2 amide bonds. The number of aryl methyl sites for hydroxylation is 2. The van der Waals surface area contributed by atoms with E-state index >= 15 is 0 Å². The number of hydrogen-bond acceptors (Lipinski definition) is 4. The van der Waals surface area contributed by atoms with Gasteiger partial charge in [-0.05, 0) is 55.5 Å². The summed E-state index contributed by atoms with van der Waals surface area (Å²) in [4.78, 5) is 44.4. The van der Waals surface area contributed by atoms with Crippen LogP contribution in [0.4, 0.5) is 11.4 Å². The van der Waals surface area contributed by atoms with Crippen LogP contribution in [-0.2, 0) is 9.59 Å². The van der Waals surface area contributed by atoms with Crippen molar-refractivity contribution in [3.63, 3.8) is 0 Å². The average molecular weight is 506 g/mol. The number of fused-ring (bicyclic) bond motifs is 1. The molecule has 4 rings (SSSR count). The summed E-state index contributed by atoms with van der Waals surface area (Å²) >= 11 is 0. The van der Waals surface area contributed by atoms with Crippen molar-refractivity contribution in [3.8, 4) is 0 Å². The van der Waals surface area contributed by atoms with Gasteiger partial charge in [0.15, 0.2) is 0 Å². The number of rotatable bonds is 8. The fourth-order valence-corrected chi connectivity index (χ4v) is 5.97. The number of carbonyl (C=O) groups is 3. The van der Waals surface area contributed by atoms with E-state index in [1.807, 2.05) is 62.1 Å². The summed E-state index contributed by atoms with van der Waals surface area (Å²) in [5.41, 5.74) is 4.64. The SMILES string of the molecule is CCCN(C(=O)C(C(=O)O)C(C)C)c1cccc(N2CC3CN(C(=O)c4c(C)cccc4C)CC3C2)c1. The minimum atomic E-state index is -1.08. The van der Waals surface area contributed by atoms with E-state index in [0.717, 1.165) is 60.7 Å². The number of aliphatic carboxylic acids is 1. The van der Waals surface area contributed by atoms with Crippen molar-refractivity contribution >= 4 is 29.2 Å². The number of likely N-dealkylation sites (tertiary alicyclic amines) is 1. The summed E-state index contributed by atoms with van der Waals surface area (Å²) in [5.74, 6) is -1.86. The zero-order valence-corrected chi connectivity index (χ0v) is 22.6. The molecule has 0 aliphatic carbocycles. The largest absolute Gasteiger partial charge is 0.481 e. The van der Waals surface area contributed by atoms with Crippen LogP contribution in [0.3, 0.4) is 0 Å². The second-order valence-corrected chi connectivity index (χ2v) is 11.0. The summed E-state index contributed by atoms with van der Waals surface area (Å²) in [6, 6.07) is 13.9. The summed E-state index contributed by atoms with van der Waals surface area (Å²) in [6.07, 6.45) is 0.735. The van der Waals surface area contributed by atoms with Crippen molar-refractivity contribution in [2.75, 3.05) is 42.5 Å². The molecule has 2 aromatic rings. The van der Waals surface area contributed by atoms with Gasteiger partial charge in [-0.15, -0.1) is 0 Å². The molecule has 0 spiro atoms. The van der Waals surface area contributed by atoms with Crippen molar-refractivity contribution in [2.24, 2.45) is 23.7 Å². The van der Waals surface area contributed by atoms with E-state index in [9.17, 15) is 19.5 Å². The predicted molar refractivity (Wildman–Crippen MR) is 146 cm³/mol. The second kappa shape index (κ2) is 11.0. The highest BCUT2D eigenvalue weighted by atomic mass is 16.4. The number of carbonyl (C=O) groups excluding carboxylic acids is 2. The van der Waals surface area contributed by atoms with Gasteiger partial charge in [0.05, 0.1) is 0 Å². The van der Waals surface area contributed by atoms with Crippen molar-refractivity contribution in [1.82, 2.24) is 4.90 Å². The Labute approximate surface area is 220 Å². The normalized spacial score (nSPS) is 19.7. The fraction of sp³-hybridized carbons (Fsp3) is 0.500. The van der Waals surface area contributed by atoms with Crippen LogP contribution < -0.4 is 9.80 Å². The summed E-state index contributed by atoms with van der Waals surface area (Å²) in [5, 5.41) is 9.68. The van der Waals surface area contributed by atoms with E-state index in [2.05, 4.69) is 11.0 Å². The molecule has 7 heteroatoms. The highest BCUT2D eigenvalue weighted by Crippen LogP contribution is 2.36. The molecule has 2 fully saturated rings. The lowest BCUT2D eigenvalue weighted by Crippen LogP contribution is -2.42. The first-order valence-electron chi connectivity index (χ1n) is 13.4. The van der Waals surface area contributed by atoms with E-state index in [1.54, 1.807) is 18.7 Å². The lowest BCUT2D eigenvalue weighted by molar-refractivity contribution is -0.148. The van der Waals surface area contributed by atoms with Crippen LogP contribution >= 0.6 is 0 Å². The second-order valence-electron chi connectivity index (χ2n) is 11.0. The molecule has 3 unspecified atom stereocenters. The first kappa shape index (κ1) is 26.7. The number of anilines is 2. The Kier molecular flexibility index (Phi) is 7.90. The Balaban J connectivity index is 1.48. The minimum Gasteiger partial charge on any atom is -0.481 e. The maximum atomic E-state index is 13.3. The highest BCUT2D eigenvalue weighted by molar-refractivity contribution is 6.06. The van der Waals surface area contributed by atoms with Gasteiger partial charge in [-0.25, -0.2) is 0 Å². The third-order valence-electron chi connectivity index (χ3n) is 7.89. The summed E-state index contributed by atoms with van der Waals surface area (Å²) in [6.45, 7) is 13.2. The molecule has 2 heterocycles. The molecule has 2 aliphatic heterocycles. The molecule has 2 aliphatic rings. The number of hydrogen-bond donors (Lipinski definition) is 1. The van der Waals surface area contributed by atoms with Gasteiger partial charge in [-0.3, -0.25) is 14.4 Å². The molecule has 37 heavy (non-hydrogen) atoms. The van der Waals surface area contributed by atoms with Gasteiger partial charge >= 0.3 is 5.97 Å². The minimum absolute atomic E-state index is 0.130. The van der Waals surface area contributed by atoms with Crippen LogP contribution in [0.25, 0.3) is 0 Å². The zero-order valence-electron chi connectivity index (χ0n) is 22.6. The molecule has 2 aromatic carbocycles. The summed E-state index contributed by atoms with van der Waals surface area (Å²) in [7, 11) is 0. The molecule has 198 valence electrons. The van der Waals surface area contributed by atoms with E-state index in [4.69, 9.17) is 0 Å². The van der Waals surface area contributed by atoms with Crippen LogP contribution in [-0.4, -0.2) is 60.5 Å². The van der Waals surface area contributed by atoms with Gasteiger partial charge in [0.1, 0.15) is 5.92 Å². The number of nitrogens with zero attached hydrogens (tertiary/aromatic N) is 3. The Morgan fingerprint density at radius 3 is 2.11 bits per heavy atom. The molecule has 3 atom stereocenters. The maximum absolute atomic E-state index is 13.3. The highest BCUT2D eigenvalue weighted by Gasteiger charge is 2.42. The fourth-order valence-electron chi connectivity index (χ4n) is 5.97. The van der Waals surface area contributed by atoms with Crippen LogP contribution in [0.5, 0.6) is 0 Å². The van der Waals surface area contributed by atoms with Crippen molar-refractivity contribution in [3.05, 3.63) is 59.2 Å². The molecular weight excluding hydrogens is 466 g/mol. The van der Waals surface area contributed by atoms with Crippen molar-refractivity contribution < 1.29 is 19.5 Å². The number of carboxylic acids is 1. The molecule has 1 N–H and O–H groups in total. The van der Waals surface area contributed by atoms with Gasteiger partial charge in [-0.1, -0.05) is 45.0 Å². The molecule has 0 radical (unpaired) electrons. The Morgan fingerprint density at radius 1 is 0.973 bits per heavy atom. The van der Waals surface area contributed by atoms with Gasteiger partial charge < -0.3 is 19.8 Å². The molecular formula is C30H39N3O4. The van der Waals surface area contributed by atoms with E-state index in [-0.39, 0.29) is 17.7 Å². The first-order chi connectivity index (χ1) is 17.6. The topological polar surface area (TPSA) is 81.2 Å². The first-order valence-corrected chi connectivity index (χ1v) is 13.4. The van der Waals surface area contributed by atoms with E-state index in [1.165, 1.54) is 0 Å². The van der Waals surface area contributed by atoms with Gasteiger partial charge in [0, 0.05) is 61.5 Å². The lowest BCUT2D eigenvalue weighted by Gasteiger charge is -2.29. The number of amides is 2. The van der Waals surface area contributed by atoms with Crippen molar-refractivity contribution in [2.45, 2.75) is 41.0 Å². The van der Waals surface area contributed by atoms with Crippen molar-refractivity contribution in [1.29, 1.82) is 0 Å². The number of benzene rings is 2. The van der Waals surface area contributed by atoms with Crippen LogP contribution in [0.2, 0.25) is 0 Å². The monoisotopic (exact) mass is 505 g/mol. The van der Waals surface area contributed by atoms with E-state index in [0.29, 0.717) is 18.4 Å². The predicted octanol–water partition coefficient (Wildman–Crippen LogP) is 4.61. The third-order valence-corrected chi connectivity index (χ3v) is 7.89. The van der Waals surface area contributed by atoms with Gasteiger partial charge in [-0.2, -0.15) is 0 Å². The molecule has 7 nitrogen and oxygen atoms in total. The zero-order chi connectivity index (χ0) is 26.9. The van der Waals surface area contributed by atoms with Crippen LogP contribution in [0.1, 0.15) is 48.7 Å². The van der Waals surface area contributed by atoms with Crippen LogP contribution in [0, 0.1) is 37.5 Å². The third kappa shape index (κ3) is 5.36. The standard InChI is InChI=1S/C30H39N3O4/c1-6-13-33(29(35)26(19(2)3)30(36)37)25-12-8-11-24(14-25)31-15-22-17-32(18-23(22)16-31)28(34)27-20(4)9-7-10-21(27)5/h7-12,14,19,22-23,26H,6,13,15-18H2,1-5H3,(H,36,37). The number of carboxylic acid groups (broad SMARTS) is 1. The maximum Gasteiger partial charge on any atom is 0.316 e. The lowest BCUT2D eigenvalue weighted by atomic mass is 9.94. The molecule has 0 bridgehead atoms. The molecule has 0 aromatic heterocycles.